The normalized spacial score (nSPS) is 19.2. The van der Waals surface area contributed by atoms with Gasteiger partial charge in [-0.15, -0.1) is 0 Å². The van der Waals surface area contributed by atoms with Crippen molar-refractivity contribution in [1.82, 2.24) is 9.88 Å². The molecule has 0 bridgehead atoms. The lowest BCUT2D eigenvalue weighted by Crippen LogP contribution is -2.43. The largest absolute Gasteiger partial charge is 0.336 e. The highest BCUT2D eigenvalue weighted by molar-refractivity contribution is 6.06. The Bertz CT molecular complexity index is 618. The molecule has 1 fully saturated rings. The van der Waals surface area contributed by atoms with Crippen molar-refractivity contribution in [3.63, 3.8) is 0 Å². The number of nitrogens with zero attached hydrogens (tertiary/aromatic N) is 2. The summed E-state index contributed by atoms with van der Waals surface area (Å²) in [5, 5.41) is 0.959. The summed E-state index contributed by atoms with van der Waals surface area (Å²) in [6.45, 7) is 3.05. The fourth-order valence-electron chi connectivity index (χ4n) is 3.13. The number of amides is 1. The number of pyridine rings is 1. The molecule has 0 aliphatic carbocycles. The van der Waals surface area contributed by atoms with Gasteiger partial charge in [-0.05, 0) is 37.8 Å². The van der Waals surface area contributed by atoms with Crippen LogP contribution in [0.5, 0.6) is 0 Å². The smallest absolute Gasteiger partial charge is 0.254 e. The van der Waals surface area contributed by atoms with Gasteiger partial charge in [0.2, 0.25) is 0 Å². The highest BCUT2D eigenvalue weighted by Gasteiger charge is 2.27. The van der Waals surface area contributed by atoms with Crippen molar-refractivity contribution in [1.29, 1.82) is 0 Å². The lowest BCUT2D eigenvalue weighted by molar-refractivity contribution is 0.0610. The van der Waals surface area contributed by atoms with Gasteiger partial charge >= 0.3 is 0 Å². The van der Waals surface area contributed by atoms with E-state index in [1.54, 1.807) is 6.20 Å². The Morgan fingerprint density at radius 2 is 2.15 bits per heavy atom. The summed E-state index contributed by atoms with van der Waals surface area (Å²) in [5.74, 6) is 0.162. The molecule has 1 aromatic carbocycles. The quantitative estimate of drug-likeness (QED) is 0.833. The number of piperidine rings is 1. The number of aromatic nitrogens is 1. The average Bonchev–Trinajstić information content (AvgIpc) is 2.53. The average molecular weight is 268 g/mol. The van der Waals surface area contributed by atoms with Crippen LogP contribution >= 0.6 is 0 Å². The minimum absolute atomic E-state index is 0.162. The van der Waals surface area contributed by atoms with Gasteiger partial charge < -0.3 is 4.90 Å². The predicted octanol–water partition coefficient (Wildman–Crippen LogP) is 3.64. The second-order valence-corrected chi connectivity index (χ2v) is 5.43. The molecule has 0 spiro atoms. The molecule has 1 aliphatic rings. The lowest BCUT2D eigenvalue weighted by Gasteiger charge is -2.35. The fraction of sp³-hybridized carbons (Fsp3) is 0.412. The first-order valence-electron chi connectivity index (χ1n) is 7.46. The van der Waals surface area contributed by atoms with Crippen LogP contribution in [-0.2, 0) is 0 Å². The molecule has 1 aromatic heterocycles. The Kier molecular flexibility index (Phi) is 3.68. The van der Waals surface area contributed by atoms with E-state index < -0.39 is 0 Å². The van der Waals surface area contributed by atoms with Gasteiger partial charge in [0, 0.05) is 24.2 Å². The molecule has 2 heterocycles. The minimum atomic E-state index is 0.162. The summed E-state index contributed by atoms with van der Waals surface area (Å²) in [7, 11) is 0. The summed E-state index contributed by atoms with van der Waals surface area (Å²) in [6, 6.07) is 10.1. The van der Waals surface area contributed by atoms with Gasteiger partial charge in [-0.2, -0.15) is 0 Å². The van der Waals surface area contributed by atoms with Crippen molar-refractivity contribution >= 4 is 16.8 Å². The molecule has 20 heavy (non-hydrogen) atoms. The highest BCUT2D eigenvalue weighted by Crippen LogP contribution is 2.24. The van der Waals surface area contributed by atoms with Crippen LogP contribution in [0.4, 0.5) is 0 Å². The van der Waals surface area contributed by atoms with E-state index in [4.69, 9.17) is 0 Å². The third-order valence-electron chi connectivity index (χ3n) is 4.24. The molecule has 1 saturated heterocycles. The molecule has 2 aromatic rings. The lowest BCUT2D eigenvalue weighted by atomic mass is 9.98. The first-order chi connectivity index (χ1) is 9.81. The van der Waals surface area contributed by atoms with E-state index in [-0.39, 0.29) is 5.91 Å². The Balaban J connectivity index is 1.99. The molecule has 0 radical (unpaired) electrons. The van der Waals surface area contributed by atoms with Crippen molar-refractivity contribution in [3.05, 3.63) is 42.1 Å². The number of likely N-dealkylation sites (tertiary alicyclic amines) is 1. The van der Waals surface area contributed by atoms with Crippen LogP contribution < -0.4 is 0 Å². The fourth-order valence-corrected chi connectivity index (χ4v) is 3.13. The molecule has 1 atom stereocenters. The Morgan fingerprint density at radius 1 is 1.30 bits per heavy atom. The van der Waals surface area contributed by atoms with Crippen molar-refractivity contribution < 1.29 is 4.79 Å². The molecule has 1 amide bonds. The van der Waals surface area contributed by atoms with E-state index in [9.17, 15) is 4.79 Å². The van der Waals surface area contributed by atoms with E-state index in [0.717, 1.165) is 42.3 Å². The van der Waals surface area contributed by atoms with E-state index in [1.807, 2.05) is 30.3 Å². The Labute approximate surface area is 119 Å². The van der Waals surface area contributed by atoms with E-state index >= 15 is 0 Å². The van der Waals surface area contributed by atoms with Crippen LogP contribution in [0, 0.1) is 0 Å². The number of para-hydroxylation sites is 1. The molecule has 1 aliphatic heterocycles. The number of rotatable bonds is 2. The zero-order valence-corrected chi connectivity index (χ0v) is 11.9. The third-order valence-corrected chi connectivity index (χ3v) is 4.24. The summed E-state index contributed by atoms with van der Waals surface area (Å²) in [4.78, 5) is 19.3. The number of benzene rings is 1. The molecule has 3 nitrogen and oxygen atoms in total. The van der Waals surface area contributed by atoms with Crippen molar-refractivity contribution in [2.45, 2.75) is 38.6 Å². The Hall–Kier alpha value is -1.90. The van der Waals surface area contributed by atoms with E-state index in [0.29, 0.717) is 6.04 Å². The van der Waals surface area contributed by atoms with Gasteiger partial charge in [0.05, 0.1) is 11.1 Å². The highest BCUT2D eigenvalue weighted by atomic mass is 16.2. The first-order valence-corrected chi connectivity index (χ1v) is 7.46. The summed E-state index contributed by atoms with van der Waals surface area (Å²) >= 11 is 0. The summed E-state index contributed by atoms with van der Waals surface area (Å²) < 4.78 is 0. The molecular weight excluding hydrogens is 248 g/mol. The topological polar surface area (TPSA) is 33.2 Å². The number of carbonyl (C=O) groups excluding carboxylic acids is 1. The van der Waals surface area contributed by atoms with E-state index in [1.165, 1.54) is 6.42 Å². The predicted molar refractivity (Wildman–Crippen MR) is 80.7 cm³/mol. The number of carbonyl (C=O) groups is 1. The number of hydrogen-bond acceptors (Lipinski definition) is 2. The minimum Gasteiger partial charge on any atom is -0.336 e. The third kappa shape index (κ3) is 2.28. The van der Waals surface area contributed by atoms with Crippen molar-refractivity contribution in [2.24, 2.45) is 0 Å². The number of fused-ring (bicyclic) bond motifs is 1. The SMILES string of the molecule is CCC1CCCCN1C(=O)c1ccnc2ccccc12. The molecule has 0 saturated carbocycles. The number of hydrogen-bond donors (Lipinski definition) is 0. The monoisotopic (exact) mass is 268 g/mol. The van der Waals surface area contributed by atoms with Gasteiger partial charge in [0.15, 0.2) is 0 Å². The van der Waals surface area contributed by atoms with Gasteiger partial charge in [-0.1, -0.05) is 25.1 Å². The molecular formula is C17H20N2O. The molecule has 0 N–H and O–H groups in total. The van der Waals surface area contributed by atoms with Crippen LogP contribution in [0.1, 0.15) is 43.0 Å². The summed E-state index contributed by atoms with van der Waals surface area (Å²) in [6.07, 6.45) is 6.26. The van der Waals surface area contributed by atoms with Crippen LogP contribution in [0.25, 0.3) is 10.9 Å². The maximum absolute atomic E-state index is 12.9. The maximum atomic E-state index is 12.9. The van der Waals surface area contributed by atoms with Crippen molar-refractivity contribution in [2.75, 3.05) is 6.54 Å². The van der Waals surface area contributed by atoms with Gasteiger partial charge in [0.1, 0.15) is 0 Å². The van der Waals surface area contributed by atoms with Gasteiger partial charge in [-0.3, -0.25) is 9.78 Å². The van der Waals surface area contributed by atoms with Crippen LogP contribution in [-0.4, -0.2) is 28.4 Å². The maximum Gasteiger partial charge on any atom is 0.254 e. The molecule has 104 valence electrons. The Morgan fingerprint density at radius 3 is 3.00 bits per heavy atom. The molecule has 3 rings (SSSR count). The van der Waals surface area contributed by atoms with Crippen LogP contribution in [0.2, 0.25) is 0 Å². The molecule has 3 heteroatoms. The second kappa shape index (κ2) is 5.61. The standard InChI is InChI=1S/C17H20N2O/c1-2-13-7-5-6-12-19(13)17(20)15-10-11-18-16-9-4-3-8-14(15)16/h3-4,8-11,13H,2,5-7,12H2,1H3. The second-order valence-electron chi connectivity index (χ2n) is 5.43. The van der Waals surface area contributed by atoms with Gasteiger partial charge in [-0.25, -0.2) is 0 Å². The van der Waals surface area contributed by atoms with Crippen molar-refractivity contribution in [3.8, 4) is 0 Å². The zero-order chi connectivity index (χ0) is 13.9. The summed E-state index contributed by atoms with van der Waals surface area (Å²) in [5.41, 5.74) is 1.68. The molecule has 1 unspecified atom stereocenters. The van der Waals surface area contributed by atoms with E-state index in [2.05, 4.69) is 16.8 Å². The zero-order valence-electron chi connectivity index (χ0n) is 11.9. The van der Waals surface area contributed by atoms with Crippen LogP contribution in [0.3, 0.4) is 0 Å². The first kappa shape index (κ1) is 13.1. The van der Waals surface area contributed by atoms with Gasteiger partial charge in [0.25, 0.3) is 5.91 Å². The van der Waals surface area contributed by atoms with Crippen LogP contribution in [0.15, 0.2) is 36.5 Å².